The first kappa shape index (κ1) is 9.95. The van der Waals surface area contributed by atoms with Crippen LogP contribution in [0.15, 0.2) is 24.3 Å². The van der Waals surface area contributed by atoms with Gasteiger partial charge in [0, 0.05) is 12.7 Å². The first-order chi connectivity index (χ1) is 6.24. The van der Waals surface area contributed by atoms with Crippen molar-refractivity contribution in [2.75, 3.05) is 13.9 Å². The molecule has 0 atom stereocenters. The highest BCUT2D eigenvalue weighted by Crippen LogP contribution is 2.11. The summed E-state index contributed by atoms with van der Waals surface area (Å²) in [6.07, 6.45) is 0. The quantitative estimate of drug-likeness (QED) is 0.583. The van der Waals surface area contributed by atoms with Gasteiger partial charge in [0.25, 0.3) is 0 Å². The monoisotopic (exact) mass is 197 g/mol. The third kappa shape index (κ3) is 3.01. The SMILES string of the molecule is COCOc1ccc(C(N)=S)cc1. The van der Waals surface area contributed by atoms with Crippen molar-refractivity contribution in [1.29, 1.82) is 0 Å². The van der Waals surface area contributed by atoms with Gasteiger partial charge in [0.05, 0.1) is 0 Å². The number of nitrogens with two attached hydrogens (primary N) is 1. The van der Waals surface area contributed by atoms with Crippen molar-refractivity contribution in [3.63, 3.8) is 0 Å². The van der Waals surface area contributed by atoms with Crippen LogP contribution < -0.4 is 10.5 Å². The molecule has 0 saturated heterocycles. The molecule has 1 rings (SSSR count). The Kier molecular flexibility index (Phi) is 3.67. The Morgan fingerprint density at radius 3 is 2.46 bits per heavy atom. The van der Waals surface area contributed by atoms with Crippen LogP contribution >= 0.6 is 12.2 Å². The standard InChI is InChI=1S/C9H11NO2S/c1-11-6-12-8-4-2-7(3-5-8)9(10)13/h2-5H,6H2,1H3,(H2,10,13). The van der Waals surface area contributed by atoms with E-state index in [1.54, 1.807) is 19.2 Å². The summed E-state index contributed by atoms with van der Waals surface area (Å²) in [5, 5.41) is 0. The summed E-state index contributed by atoms with van der Waals surface area (Å²) < 4.78 is 9.93. The largest absolute Gasteiger partial charge is 0.468 e. The van der Waals surface area contributed by atoms with Crippen molar-refractivity contribution in [2.45, 2.75) is 0 Å². The van der Waals surface area contributed by atoms with Crippen molar-refractivity contribution >= 4 is 17.2 Å². The van der Waals surface area contributed by atoms with Gasteiger partial charge in [0.1, 0.15) is 10.7 Å². The molecular formula is C9H11NO2S. The molecule has 0 bridgehead atoms. The van der Waals surface area contributed by atoms with Crippen molar-refractivity contribution in [2.24, 2.45) is 5.73 Å². The average Bonchev–Trinajstić information content (AvgIpc) is 2.15. The molecule has 0 aromatic heterocycles. The molecule has 0 aliphatic heterocycles. The molecule has 0 fully saturated rings. The van der Waals surface area contributed by atoms with Crippen molar-refractivity contribution in [3.05, 3.63) is 29.8 Å². The molecule has 0 spiro atoms. The van der Waals surface area contributed by atoms with E-state index < -0.39 is 0 Å². The minimum Gasteiger partial charge on any atom is -0.468 e. The highest BCUT2D eigenvalue weighted by atomic mass is 32.1. The lowest BCUT2D eigenvalue weighted by Gasteiger charge is -2.04. The Bertz CT molecular complexity index is 284. The number of thiocarbonyl (C=S) groups is 1. The summed E-state index contributed by atoms with van der Waals surface area (Å²) in [7, 11) is 1.57. The summed E-state index contributed by atoms with van der Waals surface area (Å²) in [5.74, 6) is 0.738. The second-order valence-corrected chi connectivity index (χ2v) is 2.88. The number of methoxy groups -OCH3 is 1. The molecule has 2 N–H and O–H groups in total. The number of benzene rings is 1. The smallest absolute Gasteiger partial charge is 0.188 e. The molecule has 0 unspecified atom stereocenters. The summed E-state index contributed by atoms with van der Waals surface area (Å²) >= 11 is 4.81. The molecule has 13 heavy (non-hydrogen) atoms. The number of rotatable bonds is 4. The van der Waals surface area contributed by atoms with E-state index in [2.05, 4.69) is 0 Å². The lowest BCUT2D eigenvalue weighted by atomic mass is 10.2. The summed E-state index contributed by atoms with van der Waals surface area (Å²) in [6, 6.07) is 7.22. The Balaban J connectivity index is 2.64. The predicted octanol–water partition coefficient (Wildman–Crippen LogP) is 1.30. The first-order valence-electron chi connectivity index (χ1n) is 3.75. The number of hydrogen-bond acceptors (Lipinski definition) is 3. The van der Waals surface area contributed by atoms with Crippen molar-refractivity contribution in [1.82, 2.24) is 0 Å². The van der Waals surface area contributed by atoms with Crippen LogP contribution in [0, 0.1) is 0 Å². The van der Waals surface area contributed by atoms with Gasteiger partial charge in [-0.05, 0) is 24.3 Å². The zero-order valence-corrected chi connectivity index (χ0v) is 8.14. The van der Waals surface area contributed by atoms with E-state index in [1.807, 2.05) is 12.1 Å². The second kappa shape index (κ2) is 4.79. The van der Waals surface area contributed by atoms with Crippen LogP contribution in [-0.4, -0.2) is 18.9 Å². The van der Waals surface area contributed by atoms with E-state index in [0.29, 0.717) is 4.99 Å². The minimum atomic E-state index is 0.242. The Morgan fingerprint density at radius 1 is 1.38 bits per heavy atom. The minimum absolute atomic E-state index is 0.242. The third-order valence-corrected chi connectivity index (χ3v) is 1.72. The molecule has 0 amide bonds. The van der Waals surface area contributed by atoms with Crippen molar-refractivity contribution in [3.8, 4) is 5.75 Å². The van der Waals surface area contributed by atoms with E-state index >= 15 is 0 Å². The van der Waals surface area contributed by atoms with E-state index in [-0.39, 0.29) is 6.79 Å². The Morgan fingerprint density at radius 2 is 2.00 bits per heavy atom. The maximum Gasteiger partial charge on any atom is 0.188 e. The highest BCUT2D eigenvalue weighted by molar-refractivity contribution is 7.80. The average molecular weight is 197 g/mol. The van der Waals surface area contributed by atoms with Crippen LogP contribution in [-0.2, 0) is 4.74 Å². The fourth-order valence-electron chi connectivity index (χ4n) is 0.842. The third-order valence-electron chi connectivity index (χ3n) is 1.48. The molecule has 0 heterocycles. The topological polar surface area (TPSA) is 44.5 Å². The molecule has 0 radical (unpaired) electrons. The normalized spacial score (nSPS) is 9.62. The molecule has 4 heteroatoms. The maximum atomic E-state index is 5.43. The van der Waals surface area contributed by atoms with E-state index in [4.69, 9.17) is 27.4 Å². The van der Waals surface area contributed by atoms with Gasteiger partial charge in [0.2, 0.25) is 0 Å². The van der Waals surface area contributed by atoms with Gasteiger partial charge in [-0.3, -0.25) is 0 Å². The van der Waals surface area contributed by atoms with Gasteiger partial charge >= 0.3 is 0 Å². The molecule has 0 saturated carbocycles. The van der Waals surface area contributed by atoms with Crippen LogP contribution in [0.25, 0.3) is 0 Å². The summed E-state index contributed by atoms with van der Waals surface area (Å²) in [4.78, 5) is 0.387. The van der Waals surface area contributed by atoms with Gasteiger partial charge in [0.15, 0.2) is 6.79 Å². The molecule has 0 aliphatic carbocycles. The summed E-state index contributed by atoms with van der Waals surface area (Å²) in [5.41, 5.74) is 6.26. The lowest BCUT2D eigenvalue weighted by Crippen LogP contribution is -2.08. The first-order valence-corrected chi connectivity index (χ1v) is 4.16. The zero-order chi connectivity index (χ0) is 9.68. The van der Waals surface area contributed by atoms with Gasteiger partial charge in [-0.25, -0.2) is 0 Å². The molecule has 1 aromatic carbocycles. The zero-order valence-electron chi connectivity index (χ0n) is 7.32. The molecule has 70 valence electrons. The second-order valence-electron chi connectivity index (χ2n) is 2.44. The van der Waals surface area contributed by atoms with E-state index in [0.717, 1.165) is 11.3 Å². The Labute approximate surface area is 82.5 Å². The van der Waals surface area contributed by atoms with E-state index in [9.17, 15) is 0 Å². The lowest BCUT2D eigenvalue weighted by molar-refractivity contribution is 0.0511. The molecule has 0 aliphatic rings. The fraction of sp³-hybridized carbons (Fsp3) is 0.222. The van der Waals surface area contributed by atoms with Gasteiger partial charge < -0.3 is 15.2 Å². The number of hydrogen-bond donors (Lipinski definition) is 1. The molecule has 3 nitrogen and oxygen atoms in total. The Hall–Kier alpha value is -1.13. The van der Waals surface area contributed by atoms with Crippen LogP contribution in [0.5, 0.6) is 5.75 Å². The van der Waals surface area contributed by atoms with Crippen LogP contribution in [0.1, 0.15) is 5.56 Å². The highest BCUT2D eigenvalue weighted by Gasteiger charge is 1.96. The number of ether oxygens (including phenoxy) is 2. The van der Waals surface area contributed by atoms with Gasteiger partial charge in [-0.1, -0.05) is 12.2 Å². The predicted molar refractivity (Wildman–Crippen MR) is 54.8 cm³/mol. The molecular weight excluding hydrogens is 186 g/mol. The fourth-order valence-corrected chi connectivity index (χ4v) is 0.978. The van der Waals surface area contributed by atoms with Gasteiger partial charge in [-0.15, -0.1) is 0 Å². The van der Waals surface area contributed by atoms with Gasteiger partial charge in [-0.2, -0.15) is 0 Å². The van der Waals surface area contributed by atoms with Crippen LogP contribution in [0.3, 0.4) is 0 Å². The van der Waals surface area contributed by atoms with Crippen molar-refractivity contribution < 1.29 is 9.47 Å². The maximum absolute atomic E-state index is 5.43. The van der Waals surface area contributed by atoms with Crippen LogP contribution in [0.2, 0.25) is 0 Å². The van der Waals surface area contributed by atoms with E-state index in [1.165, 1.54) is 0 Å². The molecule has 1 aromatic rings. The van der Waals surface area contributed by atoms with Crippen LogP contribution in [0.4, 0.5) is 0 Å². The summed E-state index contributed by atoms with van der Waals surface area (Å²) in [6.45, 7) is 0.242.